The van der Waals surface area contributed by atoms with Gasteiger partial charge in [0.1, 0.15) is 5.82 Å². The first-order chi connectivity index (χ1) is 12.1. The van der Waals surface area contributed by atoms with Crippen molar-refractivity contribution in [1.82, 2.24) is 4.90 Å². The van der Waals surface area contributed by atoms with E-state index in [1.807, 2.05) is 6.07 Å². The second-order valence-electron chi connectivity index (χ2n) is 7.42. The lowest BCUT2D eigenvalue weighted by atomic mass is 9.75. The third-order valence-corrected chi connectivity index (χ3v) is 5.56. The lowest BCUT2D eigenvalue weighted by molar-refractivity contribution is -0.0231. The Hall–Kier alpha value is -1.71. The van der Waals surface area contributed by atoms with Gasteiger partial charge in [-0.2, -0.15) is 0 Å². The Morgan fingerprint density at radius 2 is 1.68 bits per heavy atom. The summed E-state index contributed by atoms with van der Waals surface area (Å²) in [5.74, 6) is -0.195. The highest BCUT2D eigenvalue weighted by atomic mass is 19.1. The minimum absolute atomic E-state index is 0.195. The Labute approximate surface area is 150 Å². The monoisotopic (exact) mass is 341 g/mol. The van der Waals surface area contributed by atoms with Gasteiger partial charge >= 0.3 is 0 Å². The average Bonchev–Trinajstić information content (AvgIpc) is 2.62. The molecule has 0 spiro atoms. The second kappa shape index (κ2) is 8.11. The molecule has 1 fully saturated rings. The van der Waals surface area contributed by atoms with Crippen LogP contribution in [0.3, 0.4) is 0 Å². The fourth-order valence-corrected chi connectivity index (χ4v) is 3.89. The van der Waals surface area contributed by atoms with Gasteiger partial charge in [-0.1, -0.05) is 42.5 Å². The molecule has 0 saturated heterocycles. The third kappa shape index (κ3) is 4.68. The summed E-state index contributed by atoms with van der Waals surface area (Å²) in [5.41, 5.74) is 2.52. The molecule has 3 heteroatoms. The van der Waals surface area contributed by atoms with Crippen molar-refractivity contribution in [1.29, 1.82) is 0 Å². The number of hydrogen-bond donors (Lipinski definition) is 0. The van der Waals surface area contributed by atoms with Crippen molar-refractivity contribution < 1.29 is 9.13 Å². The summed E-state index contributed by atoms with van der Waals surface area (Å²) < 4.78 is 19.3. The summed E-state index contributed by atoms with van der Waals surface area (Å²) >= 11 is 0. The summed E-state index contributed by atoms with van der Waals surface area (Å²) in [6.07, 6.45) is 5.72. The predicted octanol–water partition coefficient (Wildman–Crippen LogP) is 4.83. The van der Waals surface area contributed by atoms with Crippen molar-refractivity contribution in [3.8, 4) is 0 Å². The van der Waals surface area contributed by atoms with Gasteiger partial charge < -0.3 is 9.64 Å². The van der Waals surface area contributed by atoms with Crippen molar-refractivity contribution in [3.63, 3.8) is 0 Å². The topological polar surface area (TPSA) is 12.5 Å². The smallest absolute Gasteiger partial charge is 0.123 e. The largest absolute Gasteiger partial charge is 0.374 e. The molecule has 3 rings (SSSR count). The molecule has 1 aliphatic rings. The number of nitrogens with zero attached hydrogens (tertiary/aromatic N) is 1. The standard InChI is InChI=1S/C22H28FNO/c1-24(2)22(16-18-7-4-3-5-8-18)13-11-21(12-14-22)25-17-19-9-6-10-20(23)15-19/h3-10,15,21H,11-14,16-17H2,1-2H3. The maximum absolute atomic E-state index is 13.3. The van der Waals surface area contributed by atoms with E-state index in [0.717, 1.165) is 37.7 Å². The maximum atomic E-state index is 13.3. The average molecular weight is 341 g/mol. The number of benzene rings is 2. The molecule has 2 nitrogen and oxygen atoms in total. The van der Waals surface area contributed by atoms with Crippen molar-refractivity contribution in [2.24, 2.45) is 0 Å². The lowest BCUT2D eigenvalue weighted by Crippen LogP contribution is -2.49. The van der Waals surface area contributed by atoms with Crippen LogP contribution >= 0.6 is 0 Å². The number of halogens is 1. The molecule has 0 atom stereocenters. The highest BCUT2D eigenvalue weighted by Gasteiger charge is 2.37. The van der Waals surface area contributed by atoms with Crippen LogP contribution < -0.4 is 0 Å². The number of hydrogen-bond acceptors (Lipinski definition) is 2. The minimum atomic E-state index is -0.195. The van der Waals surface area contributed by atoms with Crippen molar-refractivity contribution in [3.05, 3.63) is 71.5 Å². The van der Waals surface area contributed by atoms with Crippen LogP contribution in [-0.4, -0.2) is 30.6 Å². The Bertz CT molecular complexity index is 663. The van der Waals surface area contributed by atoms with E-state index in [2.05, 4.69) is 49.3 Å². The van der Waals surface area contributed by atoms with Gasteiger partial charge in [0, 0.05) is 5.54 Å². The van der Waals surface area contributed by atoms with E-state index < -0.39 is 0 Å². The van der Waals surface area contributed by atoms with Gasteiger partial charge in [0.15, 0.2) is 0 Å². The second-order valence-corrected chi connectivity index (χ2v) is 7.42. The lowest BCUT2D eigenvalue weighted by Gasteiger charge is -2.45. The van der Waals surface area contributed by atoms with E-state index in [1.54, 1.807) is 12.1 Å². The highest BCUT2D eigenvalue weighted by Crippen LogP contribution is 2.36. The molecule has 0 aliphatic heterocycles. The van der Waals surface area contributed by atoms with Gasteiger partial charge in [-0.25, -0.2) is 4.39 Å². The maximum Gasteiger partial charge on any atom is 0.123 e. The number of ether oxygens (including phenoxy) is 1. The zero-order valence-electron chi connectivity index (χ0n) is 15.2. The van der Waals surface area contributed by atoms with Gasteiger partial charge in [0.05, 0.1) is 12.7 Å². The fraction of sp³-hybridized carbons (Fsp3) is 0.455. The molecule has 0 N–H and O–H groups in total. The van der Waals surface area contributed by atoms with Crippen LogP contribution in [0.4, 0.5) is 4.39 Å². The van der Waals surface area contributed by atoms with Crippen LogP contribution in [0.15, 0.2) is 54.6 Å². The Balaban J connectivity index is 1.56. The predicted molar refractivity (Wildman–Crippen MR) is 100 cm³/mol. The van der Waals surface area contributed by atoms with Gasteiger partial charge in [0.2, 0.25) is 0 Å². The molecular weight excluding hydrogens is 313 g/mol. The first-order valence-electron chi connectivity index (χ1n) is 9.15. The van der Waals surface area contributed by atoms with Gasteiger partial charge in [-0.05, 0) is 69.5 Å². The number of likely N-dealkylation sites (N-methyl/N-ethyl adjacent to an activating group) is 1. The van der Waals surface area contributed by atoms with Crippen LogP contribution in [-0.2, 0) is 17.8 Å². The molecule has 134 valence electrons. The molecule has 0 amide bonds. The quantitative estimate of drug-likeness (QED) is 0.746. The molecule has 1 saturated carbocycles. The summed E-state index contributed by atoms with van der Waals surface area (Å²) in [6, 6.07) is 17.4. The Morgan fingerprint density at radius 3 is 2.32 bits per heavy atom. The highest BCUT2D eigenvalue weighted by molar-refractivity contribution is 5.19. The van der Waals surface area contributed by atoms with Gasteiger partial charge in [-0.15, -0.1) is 0 Å². The van der Waals surface area contributed by atoms with Crippen LogP contribution in [0.5, 0.6) is 0 Å². The summed E-state index contributed by atoms with van der Waals surface area (Å²) in [4.78, 5) is 2.39. The van der Waals surface area contributed by atoms with E-state index >= 15 is 0 Å². The Kier molecular flexibility index (Phi) is 5.87. The molecule has 0 unspecified atom stereocenters. The summed E-state index contributed by atoms with van der Waals surface area (Å²) in [6.45, 7) is 0.496. The van der Waals surface area contributed by atoms with Crippen LogP contribution in [0.2, 0.25) is 0 Å². The molecule has 0 radical (unpaired) electrons. The SMILES string of the molecule is CN(C)C1(Cc2ccccc2)CCC(OCc2cccc(F)c2)CC1. The molecule has 0 heterocycles. The first-order valence-corrected chi connectivity index (χ1v) is 9.15. The first kappa shape index (κ1) is 18.1. The Morgan fingerprint density at radius 1 is 1.00 bits per heavy atom. The molecule has 2 aromatic carbocycles. The third-order valence-electron chi connectivity index (χ3n) is 5.56. The zero-order valence-corrected chi connectivity index (χ0v) is 15.2. The van der Waals surface area contributed by atoms with Gasteiger partial charge in [-0.3, -0.25) is 0 Å². The van der Waals surface area contributed by atoms with Crippen LogP contribution in [0.1, 0.15) is 36.8 Å². The van der Waals surface area contributed by atoms with Crippen molar-refractivity contribution >= 4 is 0 Å². The minimum Gasteiger partial charge on any atom is -0.374 e. The normalized spacial score (nSPS) is 23.8. The van der Waals surface area contributed by atoms with E-state index in [0.29, 0.717) is 6.61 Å². The van der Waals surface area contributed by atoms with Gasteiger partial charge in [0.25, 0.3) is 0 Å². The molecule has 1 aliphatic carbocycles. The van der Waals surface area contributed by atoms with Crippen molar-refractivity contribution in [2.75, 3.05) is 14.1 Å². The molecular formula is C22H28FNO. The summed E-state index contributed by atoms with van der Waals surface area (Å²) in [7, 11) is 4.38. The fourth-order valence-electron chi connectivity index (χ4n) is 3.89. The molecule has 0 bridgehead atoms. The van der Waals surface area contributed by atoms with E-state index in [9.17, 15) is 4.39 Å². The molecule has 25 heavy (non-hydrogen) atoms. The molecule has 0 aromatic heterocycles. The van der Waals surface area contributed by atoms with E-state index in [1.165, 1.54) is 11.6 Å². The number of rotatable bonds is 6. The van der Waals surface area contributed by atoms with E-state index in [-0.39, 0.29) is 17.5 Å². The van der Waals surface area contributed by atoms with E-state index in [4.69, 9.17) is 4.74 Å². The van der Waals surface area contributed by atoms with Crippen molar-refractivity contribution in [2.45, 2.75) is 50.4 Å². The zero-order chi connectivity index (χ0) is 17.7. The van der Waals surface area contributed by atoms with Crippen LogP contribution in [0, 0.1) is 5.82 Å². The summed E-state index contributed by atoms with van der Waals surface area (Å²) in [5, 5.41) is 0. The molecule has 2 aromatic rings. The van der Waals surface area contributed by atoms with Crippen LogP contribution in [0.25, 0.3) is 0 Å².